The third kappa shape index (κ3) is 2.13. The Bertz CT molecular complexity index is 566. The number of nitrogens with zero attached hydrogens (tertiary/aromatic N) is 1. The topological polar surface area (TPSA) is 35.8 Å². The minimum absolute atomic E-state index is 0.0262. The molecule has 0 unspecified atom stereocenters. The second kappa shape index (κ2) is 4.15. The van der Waals surface area contributed by atoms with Crippen LogP contribution in [-0.2, 0) is 6.18 Å². The summed E-state index contributed by atoms with van der Waals surface area (Å²) in [4.78, 5) is 0. The largest absolute Gasteiger partial charge is 0.416 e. The summed E-state index contributed by atoms with van der Waals surface area (Å²) in [5.74, 6) is 0. The number of benzene rings is 1. The second-order valence-corrected chi connectivity index (χ2v) is 6.39. The highest BCUT2D eigenvalue weighted by Gasteiger charge is 2.65. The maximum atomic E-state index is 12.6. The first-order valence-corrected chi connectivity index (χ1v) is 6.39. The molecule has 0 aliphatic heterocycles. The normalized spacial score (nSPS) is 20.3. The Labute approximate surface area is 116 Å². The maximum Gasteiger partial charge on any atom is 0.416 e. The van der Waals surface area contributed by atoms with Crippen molar-refractivity contribution in [2.24, 2.45) is 10.8 Å². The number of rotatable bonds is 2. The highest BCUT2D eigenvalue weighted by atomic mass is 19.4. The molecule has 0 radical (unpaired) electrons. The van der Waals surface area contributed by atoms with Crippen molar-refractivity contribution in [1.29, 1.82) is 5.26 Å². The van der Waals surface area contributed by atoms with Crippen LogP contribution in [0, 0.1) is 22.2 Å². The molecule has 2 nitrogen and oxygen atoms in total. The lowest BCUT2D eigenvalue weighted by Gasteiger charge is -2.13. The summed E-state index contributed by atoms with van der Waals surface area (Å²) in [6, 6.07) is 5.21. The number of nitriles is 1. The molecular formula is C15H17F3N2. The first kappa shape index (κ1) is 14.7. The summed E-state index contributed by atoms with van der Waals surface area (Å²) in [7, 11) is 0. The lowest BCUT2D eigenvalue weighted by Crippen LogP contribution is -2.12. The first-order chi connectivity index (χ1) is 9.01. The Hall–Kier alpha value is -1.70. The summed E-state index contributed by atoms with van der Waals surface area (Å²) in [6.45, 7) is 8.39. The molecule has 1 saturated carbocycles. The minimum atomic E-state index is -4.43. The third-order valence-corrected chi connectivity index (χ3v) is 4.79. The van der Waals surface area contributed by atoms with Gasteiger partial charge >= 0.3 is 6.18 Å². The van der Waals surface area contributed by atoms with E-state index in [0.717, 1.165) is 12.1 Å². The number of nitrogens with one attached hydrogen (secondary N) is 1. The SMILES string of the molecule is CC1(C)C(Nc2ccc(C(F)(F)F)cc2C#N)C1(C)C. The van der Waals surface area contributed by atoms with Crippen molar-refractivity contribution in [3.8, 4) is 6.07 Å². The van der Waals surface area contributed by atoms with Gasteiger partial charge < -0.3 is 5.32 Å². The van der Waals surface area contributed by atoms with Crippen LogP contribution < -0.4 is 5.32 Å². The molecule has 0 heterocycles. The van der Waals surface area contributed by atoms with Gasteiger partial charge in [0.15, 0.2) is 0 Å². The van der Waals surface area contributed by atoms with Gasteiger partial charge in [0.05, 0.1) is 16.8 Å². The molecule has 2 rings (SSSR count). The van der Waals surface area contributed by atoms with E-state index in [4.69, 9.17) is 5.26 Å². The van der Waals surface area contributed by atoms with E-state index in [9.17, 15) is 13.2 Å². The number of alkyl halides is 3. The molecular weight excluding hydrogens is 265 g/mol. The van der Waals surface area contributed by atoms with Crippen LogP contribution in [0.5, 0.6) is 0 Å². The molecule has 5 heteroatoms. The fraction of sp³-hybridized carbons (Fsp3) is 0.533. The van der Waals surface area contributed by atoms with Gasteiger partial charge in [0.1, 0.15) is 6.07 Å². The summed E-state index contributed by atoms with van der Waals surface area (Å²) in [6.07, 6.45) is -4.43. The zero-order chi connectivity index (χ0) is 15.3. The van der Waals surface area contributed by atoms with E-state index < -0.39 is 11.7 Å². The number of hydrogen-bond donors (Lipinski definition) is 1. The van der Waals surface area contributed by atoms with E-state index in [2.05, 4.69) is 33.0 Å². The van der Waals surface area contributed by atoms with Gasteiger partial charge in [0.2, 0.25) is 0 Å². The zero-order valence-corrected chi connectivity index (χ0v) is 11.9. The summed E-state index contributed by atoms with van der Waals surface area (Å²) in [5, 5.41) is 12.2. The Morgan fingerprint density at radius 2 is 1.70 bits per heavy atom. The molecule has 0 bridgehead atoms. The minimum Gasteiger partial charge on any atom is -0.380 e. The van der Waals surface area contributed by atoms with E-state index in [-0.39, 0.29) is 22.4 Å². The van der Waals surface area contributed by atoms with Crippen LogP contribution in [0.4, 0.5) is 18.9 Å². The highest BCUT2D eigenvalue weighted by molar-refractivity contribution is 5.61. The molecule has 1 N–H and O–H groups in total. The van der Waals surface area contributed by atoms with Crippen molar-refractivity contribution in [3.05, 3.63) is 29.3 Å². The van der Waals surface area contributed by atoms with Crippen molar-refractivity contribution in [1.82, 2.24) is 0 Å². The van der Waals surface area contributed by atoms with E-state index in [0.29, 0.717) is 5.69 Å². The maximum absolute atomic E-state index is 12.6. The monoisotopic (exact) mass is 282 g/mol. The van der Waals surface area contributed by atoms with E-state index in [1.165, 1.54) is 6.07 Å². The van der Waals surface area contributed by atoms with E-state index >= 15 is 0 Å². The fourth-order valence-electron chi connectivity index (χ4n) is 2.65. The predicted molar refractivity (Wildman–Crippen MR) is 71.1 cm³/mol. The molecule has 1 aliphatic carbocycles. The average molecular weight is 282 g/mol. The molecule has 108 valence electrons. The summed E-state index contributed by atoms with van der Waals surface area (Å²) >= 11 is 0. The quantitative estimate of drug-likeness (QED) is 0.871. The molecule has 0 saturated heterocycles. The van der Waals surface area contributed by atoms with Crippen LogP contribution in [-0.4, -0.2) is 6.04 Å². The lowest BCUT2D eigenvalue weighted by atomic mass is 10.0. The Balaban J connectivity index is 2.30. The average Bonchev–Trinajstić information content (AvgIpc) is 2.70. The Morgan fingerprint density at radius 1 is 1.15 bits per heavy atom. The van der Waals surface area contributed by atoms with E-state index in [1.807, 2.05) is 6.07 Å². The van der Waals surface area contributed by atoms with Gasteiger partial charge in [0.25, 0.3) is 0 Å². The first-order valence-electron chi connectivity index (χ1n) is 6.39. The van der Waals surface area contributed by atoms with Gasteiger partial charge in [0, 0.05) is 6.04 Å². The zero-order valence-electron chi connectivity index (χ0n) is 11.9. The van der Waals surface area contributed by atoms with Crippen LogP contribution >= 0.6 is 0 Å². The van der Waals surface area contributed by atoms with Gasteiger partial charge in [-0.3, -0.25) is 0 Å². The Morgan fingerprint density at radius 3 is 2.10 bits per heavy atom. The van der Waals surface area contributed by atoms with Gasteiger partial charge in [-0.15, -0.1) is 0 Å². The number of hydrogen-bond acceptors (Lipinski definition) is 2. The van der Waals surface area contributed by atoms with Crippen LogP contribution in [0.25, 0.3) is 0 Å². The fourth-order valence-corrected chi connectivity index (χ4v) is 2.65. The predicted octanol–water partition coefficient (Wildman–Crippen LogP) is 4.42. The van der Waals surface area contributed by atoms with Crippen molar-refractivity contribution < 1.29 is 13.2 Å². The number of anilines is 1. The molecule has 0 atom stereocenters. The molecule has 0 amide bonds. The smallest absolute Gasteiger partial charge is 0.380 e. The van der Waals surface area contributed by atoms with Crippen LogP contribution in [0.3, 0.4) is 0 Å². The Kier molecular flexibility index (Phi) is 3.05. The standard InChI is InChI=1S/C15H17F3N2/c1-13(2)12(14(13,3)4)20-11-6-5-10(15(16,17)18)7-9(11)8-19/h5-7,12,20H,1-4H3. The van der Waals surface area contributed by atoms with Crippen molar-refractivity contribution >= 4 is 5.69 Å². The molecule has 1 aliphatic rings. The second-order valence-electron chi connectivity index (χ2n) is 6.39. The highest BCUT2D eigenvalue weighted by Crippen LogP contribution is 2.63. The summed E-state index contributed by atoms with van der Waals surface area (Å²) < 4.78 is 37.9. The summed E-state index contributed by atoms with van der Waals surface area (Å²) in [5.41, 5.74) is -0.221. The van der Waals surface area contributed by atoms with Crippen LogP contribution in [0.15, 0.2) is 18.2 Å². The van der Waals surface area contributed by atoms with Gasteiger partial charge in [-0.05, 0) is 29.0 Å². The molecule has 0 aromatic heterocycles. The van der Waals surface area contributed by atoms with Crippen molar-refractivity contribution in [2.45, 2.75) is 39.9 Å². The molecule has 1 fully saturated rings. The van der Waals surface area contributed by atoms with E-state index in [1.54, 1.807) is 0 Å². The third-order valence-electron chi connectivity index (χ3n) is 4.79. The number of halogens is 3. The molecule has 20 heavy (non-hydrogen) atoms. The molecule has 1 aromatic carbocycles. The van der Waals surface area contributed by atoms with Gasteiger partial charge in [-0.2, -0.15) is 18.4 Å². The van der Waals surface area contributed by atoms with Crippen molar-refractivity contribution in [3.63, 3.8) is 0 Å². The van der Waals surface area contributed by atoms with Crippen molar-refractivity contribution in [2.75, 3.05) is 5.32 Å². The van der Waals surface area contributed by atoms with Gasteiger partial charge in [-0.1, -0.05) is 27.7 Å². The molecule has 0 spiro atoms. The van der Waals surface area contributed by atoms with Crippen LogP contribution in [0.1, 0.15) is 38.8 Å². The molecule has 1 aromatic rings. The van der Waals surface area contributed by atoms with Crippen LogP contribution in [0.2, 0.25) is 0 Å². The lowest BCUT2D eigenvalue weighted by molar-refractivity contribution is -0.137. The van der Waals surface area contributed by atoms with Gasteiger partial charge in [-0.25, -0.2) is 0 Å².